The third-order valence-corrected chi connectivity index (χ3v) is 7.05. The average molecular weight is 399 g/mol. The first-order valence-corrected chi connectivity index (χ1v) is 10.6. The molecule has 3 aliphatic heterocycles. The lowest BCUT2D eigenvalue weighted by atomic mass is 9.88. The number of nitrogens with zero attached hydrogens (tertiary/aromatic N) is 2. The highest BCUT2D eigenvalue weighted by Gasteiger charge is 2.42. The molecule has 4 rings (SSSR count). The van der Waals surface area contributed by atoms with Crippen molar-refractivity contribution in [3.05, 3.63) is 34.9 Å². The number of likely N-dealkylation sites (tertiary alicyclic amines) is 1. The average Bonchev–Trinajstić information content (AvgIpc) is 3.19. The fourth-order valence-electron chi connectivity index (χ4n) is 5.30. The van der Waals surface area contributed by atoms with Gasteiger partial charge in [0.05, 0.1) is 0 Å². The zero-order chi connectivity index (χ0) is 20.8. The molecule has 2 atom stereocenters. The molecule has 29 heavy (non-hydrogen) atoms. The summed E-state index contributed by atoms with van der Waals surface area (Å²) in [6.45, 7) is 6.50. The molecule has 0 aliphatic carbocycles. The summed E-state index contributed by atoms with van der Waals surface area (Å²) in [5, 5.41) is 2.35. The van der Waals surface area contributed by atoms with Crippen molar-refractivity contribution in [3.63, 3.8) is 0 Å². The Kier molecular flexibility index (Phi) is 5.21. The number of carbonyl (C=O) groups is 3. The van der Waals surface area contributed by atoms with Crippen molar-refractivity contribution < 1.29 is 14.4 Å². The molecule has 0 aromatic heterocycles. The highest BCUT2D eigenvalue weighted by Crippen LogP contribution is 2.36. The summed E-state index contributed by atoms with van der Waals surface area (Å²) in [4.78, 5) is 40.7. The van der Waals surface area contributed by atoms with Gasteiger partial charge in [-0.2, -0.15) is 0 Å². The Balaban J connectivity index is 1.53. The molecule has 3 N–H and O–H groups in total. The summed E-state index contributed by atoms with van der Waals surface area (Å²) >= 11 is 0. The van der Waals surface area contributed by atoms with Gasteiger partial charge in [-0.05, 0) is 42.9 Å². The van der Waals surface area contributed by atoms with Crippen LogP contribution in [0, 0.1) is 0 Å². The number of fused-ring (bicyclic) bond motifs is 1. The van der Waals surface area contributed by atoms with Crippen molar-refractivity contribution in [2.75, 3.05) is 6.54 Å². The lowest BCUT2D eigenvalue weighted by Gasteiger charge is -2.37. The number of rotatable bonds is 5. The molecule has 0 radical (unpaired) electrons. The highest BCUT2D eigenvalue weighted by molar-refractivity contribution is 6.05. The van der Waals surface area contributed by atoms with Crippen LogP contribution in [0.4, 0.5) is 0 Å². The van der Waals surface area contributed by atoms with Gasteiger partial charge in [0.1, 0.15) is 6.04 Å². The number of hydrogen-bond acceptors (Lipinski definition) is 5. The van der Waals surface area contributed by atoms with Crippen LogP contribution in [-0.2, 0) is 22.7 Å². The van der Waals surface area contributed by atoms with E-state index in [2.05, 4.69) is 30.1 Å². The number of benzene rings is 1. The van der Waals surface area contributed by atoms with Gasteiger partial charge < -0.3 is 10.6 Å². The smallest absolute Gasteiger partial charge is 0.255 e. The summed E-state index contributed by atoms with van der Waals surface area (Å²) in [5.74, 6) is -0.757. The van der Waals surface area contributed by atoms with Gasteiger partial charge >= 0.3 is 0 Å². The third kappa shape index (κ3) is 3.46. The number of amides is 3. The maximum absolute atomic E-state index is 13.0. The van der Waals surface area contributed by atoms with E-state index in [4.69, 9.17) is 5.73 Å². The molecule has 7 heteroatoms. The summed E-state index contributed by atoms with van der Waals surface area (Å²) in [7, 11) is 0. The standard InChI is InChI=1S/C22H30N4O3/c1-3-22(4-2)10-16(23)13-25(22)11-14-5-6-15-12-26(21(29)17(15)9-14)18-7-8-19(27)24-20(18)28/h5-6,9,16,18H,3-4,7-8,10-13,23H2,1-2H3,(H,24,27,28). The second kappa shape index (κ2) is 7.54. The van der Waals surface area contributed by atoms with Crippen molar-refractivity contribution in [3.8, 4) is 0 Å². The molecule has 1 aromatic rings. The fraction of sp³-hybridized carbons (Fsp3) is 0.591. The van der Waals surface area contributed by atoms with Crippen LogP contribution >= 0.6 is 0 Å². The van der Waals surface area contributed by atoms with E-state index in [-0.39, 0.29) is 35.7 Å². The molecular formula is C22H30N4O3. The molecule has 1 aromatic carbocycles. The number of piperidine rings is 1. The second-order valence-corrected chi connectivity index (χ2v) is 8.67. The zero-order valence-corrected chi connectivity index (χ0v) is 17.2. The van der Waals surface area contributed by atoms with Crippen LogP contribution in [0.2, 0.25) is 0 Å². The molecule has 3 amide bonds. The van der Waals surface area contributed by atoms with E-state index in [0.717, 1.165) is 43.5 Å². The Morgan fingerprint density at radius 2 is 1.97 bits per heavy atom. The van der Waals surface area contributed by atoms with Gasteiger partial charge in [-0.15, -0.1) is 0 Å². The van der Waals surface area contributed by atoms with Gasteiger partial charge in [0.2, 0.25) is 11.8 Å². The number of imide groups is 1. The molecule has 2 unspecified atom stereocenters. The molecule has 156 valence electrons. The van der Waals surface area contributed by atoms with Crippen molar-refractivity contribution in [1.29, 1.82) is 0 Å². The first-order chi connectivity index (χ1) is 13.9. The molecular weight excluding hydrogens is 368 g/mol. The second-order valence-electron chi connectivity index (χ2n) is 8.67. The van der Waals surface area contributed by atoms with Crippen LogP contribution in [0.25, 0.3) is 0 Å². The maximum Gasteiger partial charge on any atom is 0.255 e. The number of nitrogens with one attached hydrogen (secondary N) is 1. The van der Waals surface area contributed by atoms with E-state index >= 15 is 0 Å². The summed E-state index contributed by atoms with van der Waals surface area (Å²) in [6, 6.07) is 5.68. The van der Waals surface area contributed by atoms with Gasteiger partial charge in [0.25, 0.3) is 5.91 Å². The topological polar surface area (TPSA) is 95.7 Å². The minimum atomic E-state index is -0.569. The van der Waals surface area contributed by atoms with Gasteiger partial charge in [-0.3, -0.25) is 24.6 Å². The fourth-order valence-corrected chi connectivity index (χ4v) is 5.30. The van der Waals surface area contributed by atoms with Gasteiger partial charge in [-0.1, -0.05) is 26.0 Å². The first kappa shape index (κ1) is 20.0. The summed E-state index contributed by atoms with van der Waals surface area (Å²) in [5.41, 5.74) is 9.12. The quantitative estimate of drug-likeness (QED) is 0.734. The monoisotopic (exact) mass is 398 g/mol. The van der Waals surface area contributed by atoms with Gasteiger partial charge in [0.15, 0.2) is 0 Å². The minimum absolute atomic E-state index is 0.119. The Hall–Kier alpha value is -2.25. The Labute approximate surface area is 171 Å². The zero-order valence-electron chi connectivity index (χ0n) is 17.2. The van der Waals surface area contributed by atoms with Crippen molar-refractivity contribution >= 4 is 17.7 Å². The van der Waals surface area contributed by atoms with Crippen molar-refractivity contribution in [2.24, 2.45) is 5.73 Å². The Morgan fingerprint density at radius 3 is 2.66 bits per heavy atom. The molecule has 0 saturated carbocycles. The molecule has 0 bridgehead atoms. The van der Waals surface area contributed by atoms with Gasteiger partial charge in [-0.25, -0.2) is 0 Å². The summed E-state index contributed by atoms with van der Waals surface area (Å²) in [6.07, 6.45) is 3.79. The Bertz CT molecular complexity index is 848. The normalized spacial score (nSPS) is 26.7. The molecule has 7 nitrogen and oxygen atoms in total. The summed E-state index contributed by atoms with van der Waals surface area (Å²) < 4.78 is 0. The van der Waals surface area contributed by atoms with Crippen LogP contribution in [0.3, 0.4) is 0 Å². The van der Waals surface area contributed by atoms with E-state index in [1.54, 1.807) is 4.90 Å². The van der Waals surface area contributed by atoms with E-state index < -0.39 is 6.04 Å². The largest absolute Gasteiger partial charge is 0.326 e. The Morgan fingerprint density at radius 1 is 1.21 bits per heavy atom. The van der Waals surface area contributed by atoms with E-state index in [1.165, 1.54) is 0 Å². The first-order valence-electron chi connectivity index (χ1n) is 10.6. The predicted octanol–water partition coefficient (Wildman–Crippen LogP) is 1.54. The van der Waals surface area contributed by atoms with E-state index in [0.29, 0.717) is 18.5 Å². The molecule has 3 aliphatic rings. The van der Waals surface area contributed by atoms with Crippen LogP contribution in [0.15, 0.2) is 18.2 Å². The highest BCUT2D eigenvalue weighted by atomic mass is 16.2. The molecule has 3 heterocycles. The van der Waals surface area contributed by atoms with Crippen LogP contribution in [-0.4, -0.2) is 51.7 Å². The third-order valence-electron chi connectivity index (χ3n) is 7.05. The minimum Gasteiger partial charge on any atom is -0.326 e. The van der Waals surface area contributed by atoms with Gasteiger partial charge in [0, 0.05) is 43.2 Å². The predicted molar refractivity (Wildman–Crippen MR) is 109 cm³/mol. The molecule has 2 fully saturated rings. The molecule has 0 spiro atoms. The molecule has 2 saturated heterocycles. The number of carbonyl (C=O) groups excluding carboxylic acids is 3. The number of hydrogen-bond donors (Lipinski definition) is 2. The van der Waals surface area contributed by atoms with Crippen molar-refractivity contribution in [2.45, 2.75) is 76.7 Å². The van der Waals surface area contributed by atoms with Crippen LogP contribution in [0.5, 0.6) is 0 Å². The van der Waals surface area contributed by atoms with E-state index in [1.807, 2.05) is 12.1 Å². The maximum atomic E-state index is 13.0. The lowest BCUT2D eigenvalue weighted by Crippen LogP contribution is -2.52. The number of nitrogens with two attached hydrogens (primary N) is 1. The lowest BCUT2D eigenvalue weighted by molar-refractivity contribution is -0.136. The van der Waals surface area contributed by atoms with E-state index in [9.17, 15) is 14.4 Å². The van der Waals surface area contributed by atoms with Crippen molar-refractivity contribution in [1.82, 2.24) is 15.1 Å². The SMILES string of the molecule is CCC1(CC)CC(N)CN1Cc1ccc2c(c1)C(=O)N(C1CCC(=O)NC1=O)C2. The van der Waals surface area contributed by atoms with Crippen LogP contribution in [0.1, 0.15) is 67.4 Å². The van der Waals surface area contributed by atoms with Crippen LogP contribution < -0.4 is 11.1 Å².